The van der Waals surface area contributed by atoms with Crippen LogP contribution in [0.15, 0.2) is 133 Å². The largest absolute Gasteiger partial charge is 0.456 e. The predicted octanol–water partition coefficient (Wildman–Crippen LogP) is 10.3. The van der Waals surface area contributed by atoms with Crippen LogP contribution in [0.5, 0.6) is 11.5 Å². The molecule has 1 nitrogen and oxygen atoms in total. The Balaban J connectivity index is 1.53. The fourth-order valence-electron chi connectivity index (χ4n) is 6.09. The zero-order chi connectivity index (χ0) is 24.3. The van der Waals surface area contributed by atoms with Gasteiger partial charge in [-0.3, -0.25) is 0 Å². The number of hydrogen-bond donors (Lipinski definition) is 0. The maximum absolute atomic E-state index is 6.30. The molecule has 172 valence electrons. The van der Waals surface area contributed by atoms with E-state index in [1.807, 2.05) is 6.07 Å². The van der Waals surface area contributed by atoms with E-state index in [4.69, 9.17) is 4.74 Å². The van der Waals surface area contributed by atoms with E-state index >= 15 is 0 Å². The van der Waals surface area contributed by atoms with E-state index in [1.165, 1.54) is 60.1 Å². The fourth-order valence-corrected chi connectivity index (χ4v) is 6.09. The van der Waals surface area contributed by atoms with Gasteiger partial charge in [-0.15, -0.1) is 0 Å². The molecule has 1 heteroatoms. The Morgan fingerprint density at radius 1 is 0.378 bits per heavy atom. The molecule has 0 fully saturated rings. The Morgan fingerprint density at radius 2 is 0.946 bits per heavy atom. The topological polar surface area (TPSA) is 9.23 Å². The summed E-state index contributed by atoms with van der Waals surface area (Å²) in [5.41, 5.74) is 7.40. The average molecular weight is 471 g/mol. The fraction of sp³-hybridized carbons (Fsp3) is 0. The molecule has 0 bridgehead atoms. The van der Waals surface area contributed by atoms with E-state index in [2.05, 4.69) is 127 Å². The molecular formula is C36H22O. The van der Waals surface area contributed by atoms with Crippen LogP contribution in [0.3, 0.4) is 0 Å². The van der Waals surface area contributed by atoms with Crippen molar-refractivity contribution in [2.24, 2.45) is 0 Å². The number of para-hydroxylation sites is 1. The molecule has 0 spiro atoms. The number of fused-ring (bicyclic) bond motifs is 4. The highest BCUT2D eigenvalue weighted by molar-refractivity contribution is 6.22. The van der Waals surface area contributed by atoms with Gasteiger partial charge in [0.15, 0.2) is 0 Å². The minimum absolute atomic E-state index is 0.911. The first kappa shape index (κ1) is 20.3. The van der Waals surface area contributed by atoms with Crippen LogP contribution in [-0.2, 0) is 0 Å². The molecule has 37 heavy (non-hydrogen) atoms. The van der Waals surface area contributed by atoms with Crippen molar-refractivity contribution in [1.29, 1.82) is 0 Å². The zero-order valence-electron chi connectivity index (χ0n) is 20.1. The van der Waals surface area contributed by atoms with Crippen LogP contribution in [-0.4, -0.2) is 0 Å². The van der Waals surface area contributed by atoms with Crippen molar-refractivity contribution in [3.05, 3.63) is 133 Å². The molecular weight excluding hydrogens is 448 g/mol. The first-order valence-corrected chi connectivity index (χ1v) is 12.7. The Kier molecular flexibility index (Phi) is 4.29. The molecule has 1 heterocycles. The minimum atomic E-state index is 0.911. The second kappa shape index (κ2) is 7.81. The molecule has 0 aliphatic carbocycles. The van der Waals surface area contributed by atoms with E-state index in [9.17, 15) is 0 Å². The van der Waals surface area contributed by atoms with Crippen LogP contribution in [0, 0.1) is 0 Å². The summed E-state index contributed by atoms with van der Waals surface area (Å²) in [6.07, 6.45) is 0. The second-order valence-electron chi connectivity index (χ2n) is 9.68. The van der Waals surface area contributed by atoms with E-state index in [0.717, 1.165) is 17.1 Å². The van der Waals surface area contributed by atoms with Crippen LogP contribution in [0.4, 0.5) is 0 Å². The van der Waals surface area contributed by atoms with Crippen LogP contribution in [0.25, 0.3) is 65.7 Å². The van der Waals surface area contributed by atoms with Crippen LogP contribution in [0.1, 0.15) is 0 Å². The van der Waals surface area contributed by atoms with Gasteiger partial charge >= 0.3 is 0 Å². The van der Waals surface area contributed by atoms with Crippen molar-refractivity contribution < 1.29 is 4.74 Å². The number of hydrogen-bond acceptors (Lipinski definition) is 1. The Hall–Kier alpha value is -4.88. The highest BCUT2D eigenvalue weighted by Crippen LogP contribution is 2.50. The molecule has 0 unspecified atom stereocenters. The van der Waals surface area contributed by atoms with Crippen molar-refractivity contribution in [2.45, 2.75) is 0 Å². The summed E-state index contributed by atoms with van der Waals surface area (Å²) in [6.45, 7) is 0. The number of rotatable bonds is 2. The standard InChI is InChI=1S/C36H22O/c1-2-11-23(12-3-1)34-27-15-4-6-17-29(27)35(30-18-7-5-16-28(30)34)25-21-24-13-10-20-33-36(24)31(22-25)26-14-8-9-19-32(26)37-33/h1-22H. The van der Waals surface area contributed by atoms with Gasteiger partial charge in [-0.25, -0.2) is 0 Å². The quantitative estimate of drug-likeness (QED) is 0.228. The first-order chi connectivity index (χ1) is 18.4. The summed E-state index contributed by atoms with van der Waals surface area (Å²) in [5.74, 6) is 1.83. The lowest BCUT2D eigenvalue weighted by Crippen LogP contribution is -1.98. The van der Waals surface area contributed by atoms with E-state index in [1.54, 1.807) is 0 Å². The van der Waals surface area contributed by atoms with E-state index in [-0.39, 0.29) is 0 Å². The molecule has 1 aliphatic heterocycles. The molecule has 7 aromatic rings. The molecule has 8 rings (SSSR count). The van der Waals surface area contributed by atoms with Gasteiger partial charge in [-0.1, -0.05) is 109 Å². The van der Waals surface area contributed by atoms with Crippen LogP contribution >= 0.6 is 0 Å². The highest BCUT2D eigenvalue weighted by atomic mass is 16.5. The maximum Gasteiger partial charge on any atom is 0.135 e. The van der Waals surface area contributed by atoms with Crippen LogP contribution < -0.4 is 4.74 Å². The summed E-state index contributed by atoms with van der Waals surface area (Å²) in [7, 11) is 0. The summed E-state index contributed by atoms with van der Waals surface area (Å²) < 4.78 is 6.30. The van der Waals surface area contributed by atoms with Gasteiger partial charge in [-0.05, 0) is 79.0 Å². The van der Waals surface area contributed by atoms with Crippen molar-refractivity contribution >= 4 is 32.3 Å². The predicted molar refractivity (Wildman–Crippen MR) is 155 cm³/mol. The van der Waals surface area contributed by atoms with Gasteiger partial charge in [0.2, 0.25) is 0 Å². The van der Waals surface area contributed by atoms with Gasteiger partial charge < -0.3 is 4.74 Å². The Labute approximate surface area is 215 Å². The smallest absolute Gasteiger partial charge is 0.135 e. The number of ether oxygens (including phenoxy) is 1. The lowest BCUT2D eigenvalue weighted by molar-refractivity contribution is 0.487. The van der Waals surface area contributed by atoms with Crippen LogP contribution in [0.2, 0.25) is 0 Å². The molecule has 0 saturated heterocycles. The normalized spacial score (nSPS) is 12.0. The lowest BCUT2D eigenvalue weighted by atomic mass is 9.84. The van der Waals surface area contributed by atoms with Gasteiger partial charge in [0, 0.05) is 10.9 Å². The molecule has 0 aromatic heterocycles. The van der Waals surface area contributed by atoms with Crippen molar-refractivity contribution in [2.75, 3.05) is 0 Å². The maximum atomic E-state index is 6.30. The van der Waals surface area contributed by atoms with Gasteiger partial charge in [-0.2, -0.15) is 0 Å². The van der Waals surface area contributed by atoms with Crippen molar-refractivity contribution in [3.8, 4) is 44.9 Å². The summed E-state index contributed by atoms with van der Waals surface area (Å²) >= 11 is 0. The summed E-state index contributed by atoms with van der Waals surface area (Å²) in [6, 6.07) is 47.8. The van der Waals surface area contributed by atoms with Crippen molar-refractivity contribution in [1.82, 2.24) is 0 Å². The zero-order valence-corrected chi connectivity index (χ0v) is 20.1. The molecule has 0 amide bonds. The summed E-state index contributed by atoms with van der Waals surface area (Å²) in [4.78, 5) is 0. The van der Waals surface area contributed by atoms with Gasteiger partial charge in [0.05, 0.1) is 0 Å². The lowest BCUT2D eigenvalue weighted by Gasteiger charge is -2.23. The molecule has 0 radical (unpaired) electrons. The third-order valence-electron chi connectivity index (χ3n) is 7.62. The summed E-state index contributed by atoms with van der Waals surface area (Å²) in [5, 5.41) is 7.45. The Bertz CT molecular complexity index is 1940. The average Bonchev–Trinajstić information content (AvgIpc) is 2.96. The Morgan fingerprint density at radius 3 is 1.65 bits per heavy atom. The SMILES string of the molecule is c1ccc(-c2c3ccccc3c(-c3cc4c5c(cccc5c3)Oc3ccccc3-4)c3ccccc23)cc1. The molecule has 0 atom stereocenters. The molecule has 0 saturated carbocycles. The first-order valence-electron chi connectivity index (χ1n) is 12.7. The van der Waals surface area contributed by atoms with Gasteiger partial charge in [0.1, 0.15) is 11.5 Å². The van der Waals surface area contributed by atoms with E-state index in [0.29, 0.717) is 0 Å². The third-order valence-corrected chi connectivity index (χ3v) is 7.62. The molecule has 0 N–H and O–H groups in total. The number of benzene rings is 7. The van der Waals surface area contributed by atoms with Gasteiger partial charge in [0.25, 0.3) is 0 Å². The van der Waals surface area contributed by atoms with E-state index < -0.39 is 0 Å². The molecule has 1 aliphatic rings. The highest BCUT2D eigenvalue weighted by Gasteiger charge is 2.22. The monoisotopic (exact) mass is 470 g/mol. The van der Waals surface area contributed by atoms with Crippen molar-refractivity contribution in [3.63, 3.8) is 0 Å². The minimum Gasteiger partial charge on any atom is -0.456 e. The molecule has 7 aromatic carbocycles. The third kappa shape index (κ3) is 2.98. The second-order valence-corrected chi connectivity index (χ2v) is 9.68.